The molecule has 19 heavy (non-hydrogen) atoms. The Hall–Kier alpha value is -2.49. The van der Waals surface area contributed by atoms with Gasteiger partial charge in [0.2, 0.25) is 0 Å². The molecule has 2 aromatic rings. The fourth-order valence-electron chi connectivity index (χ4n) is 2.06. The summed E-state index contributed by atoms with van der Waals surface area (Å²) >= 11 is 0. The fraction of sp³-hybridized carbons (Fsp3) is 0.133. The molecule has 0 spiro atoms. The summed E-state index contributed by atoms with van der Waals surface area (Å²) in [7, 11) is 0. The van der Waals surface area contributed by atoms with Crippen molar-refractivity contribution >= 4 is 23.0 Å². The molecule has 0 fully saturated rings. The van der Waals surface area contributed by atoms with Crippen molar-refractivity contribution in [2.75, 3.05) is 11.1 Å². The number of rotatable bonds is 3. The Morgan fingerprint density at radius 1 is 1.16 bits per heavy atom. The van der Waals surface area contributed by atoms with E-state index in [9.17, 15) is 4.79 Å². The second-order valence-corrected chi connectivity index (χ2v) is 4.57. The quantitative estimate of drug-likeness (QED) is 0.736. The third-order valence-electron chi connectivity index (χ3n) is 2.84. The predicted octanol–water partition coefficient (Wildman–Crippen LogP) is 3.33. The number of carbonyl (C=O) groups is 1. The summed E-state index contributed by atoms with van der Waals surface area (Å²) in [6.07, 6.45) is 0. The molecular formula is C15H16N2O2. The molecule has 98 valence electrons. The first kappa shape index (κ1) is 13.0. The van der Waals surface area contributed by atoms with E-state index in [1.165, 1.54) is 6.07 Å². The van der Waals surface area contributed by atoms with Crippen LogP contribution in [0.2, 0.25) is 0 Å². The van der Waals surface area contributed by atoms with Crippen molar-refractivity contribution in [2.45, 2.75) is 13.8 Å². The number of aromatic carboxylic acids is 1. The third kappa shape index (κ3) is 2.85. The molecule has 0 saturated carbocycles. The molecule has 0 aromatic heterocycles. The summed E-state index contributed by atoms with van der Waals surface area (Å²) in [4.78, 5) is 11.0. The molecule has 0 saturated heterocycles. The van der Waals surface area contributed by atoms with Gasteiger partial charge in [-0.2, -0.15) is 0 Å². The predicted molar refractivity (Wildman–Crippen MR) is 77.0 cm³/mol. The Labute approximate surface area is 111 Å². The zero-order valence-electron chi connectivity index (χ0n) is 10.9. The highest BCUT2D eigenvalue weighted by molar-refractivity contribution is 5.97. The molecule has 0 unspecified atom stereocenters. The molecule has 0 heterocycles. The Morgan fingerprint density at radius 2 is 1.79 bits per heavy atom. The fourth-order valence-corrected chi connectivity index (χ4v) is 2.06. The molecular weight excluding hydrogens is 240 g/mol. The maximum atomic E-state index is 11.0. The number of anilines is 3. The van der Waals surface area contributed by atoms with Gasteiger partial charge in [-0.05, 0) is 49.2 Å². The van der Waals surface area contributed by atoms with Gasteiger partial charge in [0.1, 0.15) is 0 Å². The van der Waals surface area contributed by atoms with Crippen LogP contribution >= 0.6 is 0 Å². The van der Waals surface area contributed by atoms with Gasteiger partial charge in [-0.25, -0.2) is 4.79 Å². The van der Waals surface area contributed by atoms with Crippen LogP contribution in [0, 0.1) is 13.8 Å². The van der Waals surface area contributed by atoms with Crippen molar-refractivity contribution in [3.63, 3.8) is 0 Å². The molecule has 0 atom stereocenters. The van der Waals surface area contributed by atoms with E-state index in [-0.39, 0.29) is 11.3 Å². The first-order chi connectivity index (χ1) is 8.97. The molecule has 2 rings (SSSR count). The monoisotopic (exact) mass is 256 g/mol. The first-order valence-corrected chi connectivity index (χ1v) is 5.94. The molecule has 2 aromatic carbocycles. The van der Waals surface area contributed by atoms with Crippen molar-refractivity contribution in [1.29, 1.82) is 0 Å². The third-order valence-corrected chi connectivity index (χ3v) is 2.84. The van der Waals surface area contributed by atoms with Gasteiger partial charge in [-0.1, -0.05) is 12.1 Å². The number of benzene rings is 2. The molecule has 0 amide bonds. The number of hydrogen-bond acceptors (Lipinski definition) is 3. The Kier molecular flexibility index (Phi) is 3.42. The number of para-hydroxylation sites is 1. The SMILES string of the molecule is Cc1cc(C)cc(Nc2cccc(C(=O)O)c2N)c1. The normalized spacial score (nSPS) is 10.2. The van der Waals surface area contributed by atoms with Crippen LogP contribution in [0.1, 0.15) is 21.5 Å². The number of nitrogens with two attached hydrogens (primary N) is 1. The maximum Gasteiger partial charge on any atom is 0.337 e. The van der Waals surface area contributed by atoms with Gasteiger partial charge in [0, 0.05) is 5.69 Å². The first-order valence-electron chi connectivity index (χ1n) is 5.94. The number of hydrogen-bond donors (Lipinski definition) is 3. The van der Waals surface area contributed by atoms with Crippen LogP contribution < -0.4 is 11.1 Å². The Bertz CT molecular complexity index is 616. The highest BCUT2D eigenvalue weighted by Crippen LogP contribution is 2.27. The molecule has 0 bridgehead atoms. The van der Waals surface area contributed by atoms with Crippen LogP contribution in [-0.4, -0.2) is 11.1 Å². The van der Waals surface area contributed by atoms with E-state index in [0.717, 1.165) is 16.8 Å². The van der Waals surface area contributed by atoms with Gasteiger partial charge >= 0.3 is 5.97 Å². The average molecular weight is 256 g/mol. The smallest absolute Gasteiger partial charge is 0.337 e. The van der Waals surface area contributed by atoms with Crippen molar-refractivity contribution in [3.05, 3.63) is 53.1 Å². The van der Waals surface area contributed by atoms with E-state index in [1.807, 2.05) is 26.0 Å². The largest absolute Gasteiger partial charge is 0.478 e. The summed E-state index contributed by atoms with van der Waals surface area (Å²) in [5.41, 5.74) is 9.98. The van der Waals surface area contributed by atoms with Crippen LogP contribution in [0.15, 0.2) is 36.4 Å². The summed E-state index contributed by atoms with van der Waals surface area (Å²) in [5.74, 6) is -1.03. The summed E-state index contributed by atoms with van der Waals surface area (Å²) < 4.78 is 0. The van der Waals surface area contributed by atoms with Crippen LogP contribution in [0.25, 0.3) is 0 Å². The van der Waals surface area contributed by atoms with E-state index >= 15 is 0 Å². The van der Waals surface area contributed by atoms with Gasteiger partial charge in [0.15, 0.2) is 0 Å². The molecule has 0 aliphatic rings. The molecule has 4 heteroatoms. The minimum Gasteiger partial charge on any atom is -0.478 e. The minimum absolute atomic E-state index is 0.106. The molecule has 4 N–H and O–H groups in total. The second-order valence-electron chi connectivity index (χ2n) is 4.57. The second kappa shape index (κ2) is 5.02. The molecule has 0 aliphatic heterocycles. The van der Waals surface area contributed by atoms with Gasteiger partial charge in [0.25, 0.3) is 0 Å². The zero-order chi connectivity index (χ0) is 14.0. The van der Waals surface area contributed by atoms with Crippen molar-refractivity contribution in [2.24, 2.45) is 0 Å². The number of carboxylic acids is 1. The topological polar surface area (TPSA) is 75.3 Å². The Balaban J connectivity index is 2.38. The highest BCUT2D eigenvalue weighted by atomic mass is 16.4. The van der Waals surface area contributed by atoms with Gasteiger partial charge in [-0.3, -0.25) is 0 Å². The molecule has 0 radical (unpaired) electrons. The standard InChI is InChI=1S/C15H16N2O2/c1-9-6-10(2)8-11(7-9)17-13-5-3-4-12(14(13)16)15(18)19/h3-8,17H,16H2,1-2H3,(H,18,19). The van der Waals surface area contributed by atoms with E-state index in [4.69, 9.17) is 10.8 Å². The zero-order valence-corrected chi connectivity index (χ0v) is 10.9. The van der Waals surface area contributed by atoms with E-state index in [1.54, 1.807) is 12.1 Å². The van der Waals surface area contributed by atoms with E-state index < -0.39 is 5.97 Å². The van der Waals surface area contributed by atoms with Crippen LogP contribution in [0.5, 0.6) is 0 Å². The van der Waals surface area contributed by atoms with Gasteiger partial charge in [-0.15, -0.1) is 0 Å². The van der Waals surface area contributed by atoms with E-state index in [0.29, 0.717) is 5.69 Å². The van der Waals surface area contributed by atoms with Crippen LogP contribution in [0.3, 0.4) is 0 Å². The van der Waals surface area contributed by atoms with E-state index in [2.05, 4.69) is 11.4 Å². The van der Waals surface area contributed by atoms with Gasteiger partial charge < -0.3 is 16.2 Å². The van der Waals surface area contributed by atoms with Crippen LogP contribution in [0.4, 0.5) is 17.1 Å². The summed E-state index contributed by atoms with van der Waals surface area (Å²) in [6.45, 7) is 4.02. The summed E-state index contributed by atoms with van der Waals surface area (Å²) in [6, 6.07) is 11.0. The number of nitrogens with one attached hydrogen (secondary N) is 1. The lowest BCUT2D eigenvalue weighted by Crippen LogP contribution is -2.05. The van der Waals surface area contributed by atoms with Crippen LogP contribution in [-0.2, 0) is 0 Å². The lowest BCUT2D eigenvalue weighted by Gasteiger charge is -2.12. The maximum absolute atomic E-state index is 11.0. The Morgan fingerprint density at radius 3 is 2.37 bits per heavy atom. The van der Waals surface area contributed by atoms with Crippen molar-refractivity contribution in [1.82, 2.24) is 0 Å². The lowest BCUT2D eigenvalue weighted by atomic mass is 10.1. The average Bonchev–Trinajstić information content (AvgIpc) is 2.30. The van der Waals surface area contributed by atoms with Crippen molar-refractivity contribution in [3.8, 4) is 0 Å². The molecule has 0 aliphatic carbocycles. The minimum atomic E-state index is -1.03. The number of nitrogen functional groups attached to an aromatic ring is 1. The number of aryl methyl sites for hydroxylation is 2. The molecule has 4 nitrogen and oxygen atoms in total. The highest BCUT2D eigenvalue weighted by Gasteiger charge is 2.11. The number of carboxylic acid groups (broad SMARTS) is 1. The summed E-state index contributed by atoms with van der Waals surface area (Å²) in [5, 5.41) is 12.2. The van der Waals surface area contributed by atoms with Gasteiger partial charge in [0.05, 0.1) is 16.9 Å². The van der Waals surface area contributed by atoms with Crippen molar-refractivity contribution < 1.29 is 9.90 Å². The lowest BCUT2D eigenvalue weighted by molar-refractivity contribution is 0.0698.